The first-order valence-corrected chi connectivity index (χ1v) is 6.92. The third-order valence-corrected chi connectivity index (χ3v) is 3.89. The number of rotatable bonds is 2. The van der Waals surface area contributed by atoms with Gasteiger partial charge >= 0.3 is 5.97 Å². The maximum absolute atomic E-state index is 11.2. The van der Waals surface area contributed by atoms with Crippen LogP contribution < -0.4 is 9.80 Å². The zero-order valence-corrected chi connectivity index (χ0v) is 12.2. The average Bonchev–Trinajstić information content (AvgIpc) is 2.48. The van der Waals surface area contributed by atoms with Crippen LogP contribution in [0.15, 0.2) is 36.5 Å². The van der Waals surface area contributed by atoms with E-state index in [4.69, 9.17) is 11.6 Å². The molecule has 2 heterocycles. The first-order chi connectivity index (χ1) is 10.1. The average molecular weight is 304 g/mol. The summed E-state index contributed by atoms with van der Waals surface area (Å²) >= 11 is 5.88. The first-order valence-electron chi connectivity index (χ1n) is 6.54. The first kappa shape index (κ1) is 13.7. The summed E-state index contributed by atoms with van der Waals surface area (Å²) in [7, 11) is 2.04. The SMILES string of the molecule is CN1CCN(c2cc(C(=O)O)c(Cl)cn2)c2ccccc21. The molecule has 1 aliphatic heterocycles. The number of carboxylic acids is 1. The number of carbonyl (C=O) groups is 1. The lowest BCUT2D eigenvalue weighted by Crippen LogP contribution is -2.36. The second kappa shape index (κ2) is 5.26. The third-order valence-electron chi connectivity index (χ3n) is 3.59. The molecule has 0 bridgehead atoms. The van der Waals surface area contributed by atoms with Gasteiger partial charge < -0.3 is 14.9 Å². The number of benzene rings is 1. The molecule has 0 saturated carbocycles. The van der Waals surface area contributed by atoms with Crippen molar-refractivity contribution in [2.75, 3.05) is 29.9 Å². The van der Waals surface area contributed by atoms with E-state index in [1.807, 2.05) is 36.2 Å². The minimum atomic E-state index is -1.05. The molecule has 1 aromatic heterocycles. The third kappa shape index (κ3) is 2.40. The number of anilines is 3. The van der Waals surface area contributed by atoms with Gasteiger partial charge in [-0.2, -0.15) is 0 Å². The maximum Gasteiger partial charge on any atom is 0.337 e. The highest BCUT2D eigenvalue weighted by Gasteiger charge is 2.23. The van der Waals surface area contributed by atoms with Crippen LogP contribution in [0.1, 0.15) is 10.4 Å². The van der Waals surface area contributed by atoms with E-state index in [0.29, 0.717) is 5.82 Å². The maximum atomic E-state index is 11.2. The molecule has 3 rings (SSSR count). The van der Waals surface area contributed by atoms with Gasteiger partial charge in [0.25, 0.3) is 0 Å². The summed E-state index contributed by atoms with van der Waals surface area (Å²) in [6.45, 7) is 1.57. The van der Waals surface area contributed by atoms with Crippen LogP contribution in [-0.4, -0.2) is 36.2 Å². The van der Waals surface area contributed by atoms with Crippen LogP contribution in [0.3, 0.4) is 0 Å². The van der Waals surface area contributed by atoms with Crippen LogP contribution in [0.25, 0.3) is 0 Å². The van der Waals surface area contributed by atoms with Crippen LogP contribution in [-0.2, 0) is 0 Å². The lowest BCUT2D eigenvalue weighted by atomic mass is 10.1. The summed E-state index contributed by atoms with van der Waals surface area (Å²) in [5.74, 6) is -0.455. The number of aromatic carboxylic acids is 1. The molecule has 1 aromatic carbocycles. The van der Waals surface area contributed by atoms with Gasteiger partial charge in [0.05, 0.1) is 22.0 Å². The van der Waals surface area contributed by atoms with Gasteiger partial charge in [-0.3, -0.25) is 0 Å². The fraction of sp³-hybridized carbons (Fsp3) is 0.200. The molecule has 21 heavy (non-hydrogen) atoms. The van der Waals surface area contributed by atoms with Gasteiger partial charge in [-0.05, 0) is 18.2 Å². The fourth-order valence-electron chi connectivity index (χ4n) is 2.48. The van der Waals surface area contributed by atoms with Crippen molar-refractivity contribution < 1.29 is 9.90 Å². The van der Waals surface area contributed by atoms with E-state index < -0.39 is 5.97 Å². The molecule has 108 valence electrons. The number of hydrogen-bond acceptors (Lipinski definition) is 4. The summed E-state index contributed by atoms with van der Waals surface area (Å²) < 4.78 is 0. The van der Waals surface area contributed by atoms with E-state index in [0.717, 1.165) is 24.5 Å². The summed E-state index contributed by atoms with van der Waals surface area (Å²) in [6.07, 6.45) is 1.39. The van der Waals surface area contributed by atoms with Gasteiger partial charge in [0.1, 0.15) is 5.82 Å². The Hall–Kier alpha value is -2.27. The predicted octanol–water partition coefficient (Wildman–Crippen LogP) is 3.02. The highest BCUT2D eigenvalue weighted by atomic mass is 35.5. The number of pyridine rings is 1. The number of fused-ring (bicyclic) bond motifs is 1. The van der Waals surface area contributed by atoms with Crippen LogP contribution in [0, 0.1) is 0 Å². The molecule has 0 radical (unpaired) electrons. The van der Waals surface area contributed by atoms with Crippen LogP contribution in [0.2, 0.25) is 5.02 Å². The van der Waals surface area contributed by atoms with Gasteiger partial charge in [-0.1, -0.05) is 23.7 Å². The molecule has 0 atom stereocenters. The Morgan fingerprint density at radius 3 is 2.71 bits per heavy atom. The molecule has 1 N–H and O–H groups in total. The van der Waals surface area contributed by atoms with Crippen molar-refractivity contribution in [3.05, 3.63) is 47.1 Å². The Bertz CT molecular complexity index is 705. The molecule has 0 amide bonds. The summed E-state index contributed by atoms with van der Waals surface area (Å²) in [5, 5.41) is 9.33. The Morgan fingerprint density at radius 1 is 1.29 bits per heavy atom. The number of likely N-dealkylation sites (N-methyl/N-ethyl adjacent to an activating group) is 1. The standard InChI is InChI=1S/C15H14ClN3O2/c1-18-6-7-19(13-5-3-2-4-12(13)18)14-8-10(15(20)21)11(16)9-17-14/h2-5,8-9H,6-7H2,1H3,(H,20,21). The largest absolute Gasteiger partial charge is 0.478 e. The second-order valence-electron chi connectivity index (χ2n) is 4.89. The zero-order valence-electron chi connectivity index (χ0n) is 11.5. The summed E-state index contributed by atoms with van der Waals surface area (Å²) in [6, 6.07) is 9.50. The molecular weight excluding hydrogens is 290 g/mol. The van der Waals surface area contributed by atoms with Crippen molar-refractivity contribution in [1.29, 1.82) is 0 Å². The zero-order chi connectivity index (χ0) is 15.0. The van der Waals surface area contributed by atoms with Crippen LogP contribution in [0.5, 0.6) is 0 Å². The van der Waals surface area contributed by atoms with E-state index >= 15 is 0 Å². The van der Waals surface area contributed by atoms with Crippen molar-refractivity contribution in [3.63, 3.8) is 0 Å². The number of halogens is 1. The van der Waals surface area contributed by atoms with Crippen molar-refractivity contribution in [2.45, 2.75) is 0 Å². The molecular formula is C15H14ClN3O2. The van der Waals surface area contributed by atoms with Gasteiger partial charge in [0.15, 0.2) is 0 Å². The Labute approximate surface area is 127 Å². The van der Waals surface area contributed by atoms with Gasteiger partial charge in [-0.25, -0.2) is 9.78 Å². The Kier molecular flexibility index (Phi) is 3.43. The second-order valence-corrected chi connectivity index (χ2v) is 5.30. The monoisotopic (exact) mass is 303 g/mol. The lowest BCUT2D eigenvalue weighted by Gasteiger charge is -2.36. The van der Waals surface area contributed by atoms with Gasteiger partial charge in [-0.15, -0.1) is 0 Å². The topological polar surface area (TPSA) is 56.7 Å². The Balaban J connectivity index is 2.08. The molecule has 0 unspecified atom stereocenters. The van der Waals surface area contributed by atoms with Crippen molar-refractivity contribution in [3.8, 4) is 0 Å². The number of carboxylic acid groups (broad SMARTS) is 1. The quantitative estimate of drug-likeness (QED) is 0.924. The van der Waals surface area contributed by atoms with Gasteiger partial charge in [0, 0.05) is 26.3 Å². The van der Waals surface area contributed by atoms with Crippen molar-refractivity contribution in [2.24, 2.45) is 0 Å². The number of aromatic nitrogens is 1. The smallest absolute Gasteiger partial charge is 0.337 e. The number of hydrogen-bond donors (Lipinski definition) is 1. The highest BCUT2D eigenvalue weighted by Crippen LogP contribution is 2.36. The summed E-state index contributed by atoms with van der Waals surface area (Å²) in [4.78, 5) is 19.7. The van der Waals surface area contributed by atoms with Crippen molar-refractivity contribution >= 4 is 34.8 Å². The van der Waals surface area contributed by atoms with Crippen LogP contribution >= 0.6 is 11.6 Å². The molecule has 5 nitrogen and oxygen atoms in total. The van der Waals surface area contributed by atoms with Crippen molar-refractivity contribution in [1.82, 2.24) is 4.98 Å². The molecule has 2 aromatic rings. The van der Waals surface area contributed by atoms with E-state index in [2.05, 4.69) is 9.88 Å². The minimum absolute atomic E-state index is 0.0677. The lowest BCUT2D eigenvalue weighted by molar-refractivity contribution is 0.0697. The molecule has 0 aliphatic carbocycles. The van der Waals surface area contributed by atoms with Crippen LogP contribution in [0.4, 0.5) is 17.2 Å². The molecule has 0 saturated heterocycles. The van der Waals surface area contributed by atoms with E-state index in [-0.39, 0.29) is 10.6 Å². The number of para-hydroxylation sites is 2. The van der Waals surface area contributed by atoms with E-state index in [1.165, 1.54) is 12.3 Å². The predicted molar refractivity (Wildman–Crippen MR) is 82.9 cm³/mol. The number of nitrogens with zero attached hydrogens (tertiary/aromatic N) is 3. The Morgan fingerprint density at radius 2 is 2.00 bits per heavy atom. The minimum Gasteiger partial charge on any atom is -0.478 e. The fourth-order valence-corrected chi connectivity index (χ4v) is 2.67. The van der Waals surface area contributed by atoms with E-state index in [1.54, 1.807) is 0 Å². The molecule has 6 heteroatoms. The molecule has 0 fully saturated rings. The molecule has 1 aliphatic rings. The highest BCUT2D eigenvalue weighted by molar-refractivity contribution is 6.33. The van der Waals surface area contributed by atoms with Gasteiger partial charge in [0.2, 0.25) is 0 Å². The van der Waals surface area contributed by atoms with E-state index in [9.17, 15) is 9.90 Å². The summed E-state index contributed by atoms with van der Waals surface area (Å²) in [5.41, 5.74) is 2.17. The molecule has 0 spiro atoms. The normalized spacial score (nSPS) is 14.0.